The topological polar surface area (TPSA) is 38.1 Å². The molecule has 4 nitrogen and oxygen atoms in total. The minimum atomic E-state index is 0.0141. The molecule has 0 aliphatic heterocycles. The van der Waals surface area contributed by atoms with Gasteiger partial charge in [-0.3, -0.25) is 9.48 Å². The number of rotatable bonds is 5. The van der Waals surface area contributed by atoms with Gasteiger partial charge in [0.2, 0.25) is 0 Å². The third-order valence-electron chi connectivity index (χ3n) is 3.19. The van der Waals surface area contributed by atoms with Gasteiger partial charge in [-0.25, -0.2) is 0 Å². The predicted octanol–water partition coefficient (Wildman–Crippen LogP) is 2.82. The highest BCUT2D eigenvalue weighted by Crippen LogP contribution is 2.19. The van der Waals surface area contributed by atoms with Gasteiger partial charge in [0, 0.05) is 30.9 Å². The van der Waals surface area contributed by atoms with Crippen LogP contribution in [0.25, 0.3) is 10.9 Å². The number of hydrogen-bond donors (Lipinski definition) is 0. The Kier molecular flexibility index (Phi) is 4.58. The van der Waals surface area contributed by atoms with E-state index < -0.39 is 0 Å². The first-order valence-corrected chi connectivity index (χ1v) is 7.58. The van der Waals surface area contributed by atoms with Crippen LogP contribution in [0.2, 0.25) is 0 Å². The van der Waals surface area contributed by atoms with Crippen molar-refractivity contribution in [3.8, 4) is 0 Å². The largest absolute Gasteiger partial charge is 0.337 e. The number of aryl methyl sites for hydroxylation is 1. The number of aromatic nitrogens is 2. The summed E-state index contributed by atoms with van der Waals surface area (Å²) in [5.74, 6) is 0.0141. The van der Waals surface area contributed by atoms with Crippen molar-refractivity contribution < 1.29 is 4.79 Å². The average Bonchev–Trinajstić information content (AvgIpc) is 2.77. The Bertz CT molecular complexity index is 579. The number of nitrogens with zero attached hydrogens (tertiary/aromatic N) is 3. The van der Waals surface area contributed by atoms with Gasteiger partial charge >= 0.3 is 0 Å². The molecule has 5 heteroatoms. The average molecular weight is 324 g/mol. The summed E-state index contributed by atoms with van der Waals surface area (Å²) in [6, 6.07) is 7.83. The third-order valence-corrected chi connectivity index (χ3v) is 3.75. The van der Waals surface area contributed by atoms with Gasteiger partial charge in [0.05, 0.1) is 5.52 Å². The van der Waals surface area contributed by atoms with Crippen molar-refractivity contribution in [2.24, 2.45) is 7.05 Å². The number of alkyl halides is 1. The molecule has 0 bridgehead atoms. The van der Waals surface area contributed by atoms with E-state index in [0.29, 0.717) is 12.2 Å². The maximum atomic E-state index is 12.5. The van der Waals surface area contributed by atoms with Gasteiger partial charge in [0.15, 0.2) is 5.69 Å². The van der Waals surface area contributed by atoms with Gasteiger partial charge in [-0.1, -0.05) is 34.1 Å². The smallest absolute Gasteiger partial charge is 0.274 e. The van der Waals surface area contributed by atoms with E-state index in [-0.39, 0.29) is 5.91 Å². The SMILES string of the molecule is CCN(CCCBr)C(=O)c1nn(C)c2ccccc12. The molecule has 0 unspecified atom stereocenters. The molecule has 0 saturated carbocycles. The monoisotopic (exact) mass is 323 g/mol. The van der Waals surface area contributed by atoms with Crippen molar-refractivity contribution in [2.45, 2.75) is 13.3 Å². The van der Waals surface area contributed by atoms with Crippen LogP contribution in [-0.4, -0.2) is 39.0 Å². The lowest BCUT2D eigenvalue weighted by Crippen LogP contribution is -2.32. The molecule has 1 aromatic carbocycles. The zero-order valence-electron chi connectivity index (χ0n) is 11.3. The summed E-state index contributed by atoms with van der Waals surface area (Å²) in [6.45, 7) is 3.46. The number of fused-ring (bicyclic) bond motifs is 1. The van der Waals surface area contributed by atoms with E-state index in [0.717, 1.165) is 29.2 Å². The normalized spacial score (nSPS) is 10.9. The number of carbonyl (C=O) groups is 1. The quantitative estimate of drug-likeness (QED) is 0.793. The van der Waals surface area contributed by atoms with Crippen molar-refractivity contribution in [3.05, 3.63) is 30.0 Å². The number of amides is 1. The predicted molar refractivity (Wildman–Crippen MR) is 80.7 cm³/mol. The highest BCUT2D eigenvalue weighted by molar-refractivity contribution is 9.09. The van der Waals surface area contributed by atoms with E-state index in [9.17, 15) is 4.79 Å². The van der Waals surface area contributed by atoms with Crippen molar-refractivity contribution in [3.63, 3.8) is 0 Å². The van der Waals surface area contributed by atoms with Crippen molar-refractivity contribution >= 4 is 32.7 Å². The molecule has 0 radical (unpaired) electrons. The summed E-state index contributed by atoms with van der Waals surface area (Å²) in [5, 5.41) is 6.21. The molecule has 19 heavy (non-hydrogen) atoms. The zero-order chi connectivity index (χ0) is 13.8. The Hall–Kier alpha value is -1.36. The number of para-hydroxylation sites is 1. The zero-order valence-corrected chi connectivity index (χ0v) is 12.9. The van der Waals surface area contributed by atoms with Gasteiger partial charge in [0.1, 0.15) is 0 Å². The summed E-state index contributed by atoms with van der Waals surface area (Å²) >= 11 is 3.40. The van der Waals surface area contributed by atoms with Crippen molar-refractivity contribution in [1.82, 2.24) is 14.7 Å². The van der Waals surface area contributed by atoms with Crippen LogP contribution in [0.5, 0.6) is 0 Å². The lowest BCUT2D eigenvalue weighted by atomic mass is 10.2. The molecule has 0 spiro atoms. The van der Waals surface area contributed by atoms with Crippen LogP contribution in [0.3, 0.4) is 0 Å². The molecule has 0 N–H and O–H groups in total. The number of benzene rings is 1. The summed E-state index contributed by atoms with van der Waals surface area (Å²) in [6.07, 6.45) is 0.949. The van der Waals surface area contributed by atoms with Crippen LogP contribution in [0, 0.1) is 0 Å². The maximum Gasteiger partial charge on any atom is 0.274 e. The summed E-state index contributed by atoms with van der Waals surface area (Å²) in [5.41, 5.74) is 1.54. The van der Waals surface area contributed by atoms with Gasteiger partial charge in [-0.2, -0.15) is 5.10 Å². The highest BCUT2D eigenvalue weighted by atomic mass is 79.9. The molecule has 1 heterocycles. The molecule has 1 aromatic heterocycles. The highest BCUT2D eigenvalue weighted by Gasteiger charge is 2.20. The molecule has 0 aliphatic rings. The molecule has 0 saturated heterocycles. The summed E-state index contributed by atoms with van der Waals surface area (Å²) in [4.78, 5) is 14.4. The Balaban J connectivity index is 2.35. The second-order valence-corrected chi connectivity index (χ2v) is 5.21. The van der Waals surface area contributed by atoms with Crippen LogP contribution in [0.15, 0.2) is 24.3 Å². The molecule has 0 aliphatic carbocycles. The molecule has 2 aromatic rings. The summed E-state index contributed by atoms with van der Waals surface area (Å²) in [7, 11) is 1.87. The molecular weight excluding hydrogens is 306 g/mol. The third kappa shape index (κ3) is 2.81. The van der Waals surface area contributed by atoms with Gasteiger partial charge in [0.25, 0.3) is 5.91 Å². The molecule has 0 fully saturated rings. The Labute approximate surface area is 121 Å². The molecule has 2 rings (SSSR count). The minimum Gasteiger partial charge on any atom is -0.337 e. The number of carbonyl (C=O) groups excluding carboxylic acids is 1. The van der Waals surface area contributed by atoms with Crippen LogP contribution < -0.4 is 0 Å². The van der Waals surface area contributed by atoms with Gasteiger partial charge in [-0.15, -0.1) is 0 Å². The van der Waals surface area contributed by atoms with E-state index >= 15 is 0 Å². The van der Waals surface area contributed by atoms with Gasteiger partial charge in [-0.05, 0) is 19.4 Å². The van der Waals surface area contributed by atoms with E-state index in [1.807, 2.05) is 43.1 Å². The second-order valence-electron chi connectivity index (χ2n) is 4.42. The maximum absolute atomic E-state index is 12.5. The number of hydrogen-bond acceptors (Lipinski definition) is 2. The Morgan fingerprint density at radius 3 is 2.84 bits per heavy atom. The fraction of sp³-hybridized carbons (Fsp3) is 0.429. The lowest BCUT2D eigenvalue weighted by Gasteiger charge is -2.19. The van der Waals surface area contributed by atoms with Crippen LogP contribution in [0.4, 0.5) is 0 Å². The first-order chi connectivity index (χ1) is 9.19. The molecule has 0 atom stereocenters. The van der Waals surface area contributed by atoms with Crippen LogP contribution in [0.1, 0.15) is 23.8 Å². The lowest BCUT2D eigenvalue weighted by molar-refractivity contribution is 0.0760. The first kappa shape index (κ1) is 14.1. The second kappa shape index (κ2) is 6.19. The Morgan fingerprint density at radius 2 is 2.16 bits per heavy atom. The van der Waals surface area contributed by atoms with Crippen molar-refractivity contribution in [1.29, 1.82) is 0 Å². The fourth-order valence-electron chi connectivity index (χ4n) is 2.18. The van der Waals surface area contributed by atoms with E-state index in [1.54, 1.807) is 4.68 Å². The standard InChI is InChI=1S/C14H18BrN3O/c1-3-18(10-6-9-15)14(19)13-11-7-4-5-8-12(11)17(2)16-13/h4-5,7-8H,3,6,9-10H2,1-2H3. The van der Waals surface area contributed by atoms with Crippen LogP contribution >= 0.6 is 15.9 Å². The van der Waals surface area contributed by atoms with Gasteiger partial charge < -0.3 is 4.90 Å². The molecule has 1 amide bonds. The van der Waals surface area contributed by atoms with E-state index in [4.69, 9.17) is 0 Å². The fourth-order valence-corrected chi connectivity index (χ4v) is 2.43. The Morgan fingerprint density at radius 1 is 1.42 bits per heavy atom. The van der Waals surface area contributed by atoms with Crippen molar-refractivity contribution in [2.75, 3.05) is 18.4 Å². The minimum absolute atomic E-state index is 0.0141. The molecular formula is C14H18BrN3O. The van der Waals surface area contributed by atoms with E-state index in [2.05, 4.69) is 21.0 Å². The summed E-state index contributed by atoms with van der Waals surface area (Å²) < 4.78 is 1.76. The molecule has 102 valence electrons. The van der Waals surface area contributed by atoms with Crippen LogP contribution in [-0.2, 0) is 7.05 Å². The first-order valence-electron chi connectivity index (χ1n) is 6.46. The number of halogens is 1. The van der Waals surface area contributed by atoms with E-state index in [1.165, 1.54) is 0 Å².